The number of hydrogen-bond donors (Lipinski definition) is 3. The van der Waals surface area contributed by atoms with Gasteiger partial charge in [-0.1, -0.05) is 36.4 Å². The Hall–Kier alpha value is -4.38. The molecule has 0 saturated heterocycles. The van der Waals surface area contributed by atoms with Crippen molar-refractivity contribution in [3.8, 4) is 0 Å². The molecule has 3 N–H and O–H groups in total. The lowest BCUT2D eigenvalue weighted by atomic mass is 9.92. The lowest BCUT2D eigenvalue weighted by Gasteiger charge is -2.39. The van der Waals surface area contributed by atoms with Gasteiger partial charge in [-0.15, -0.1) is 0 Å². The van der Waals surface area contributed by atoms with Crippen molar-refractivity contribution in [3.63, 3.8) is 0 Å². The first kappa shape index (κ1) is 24.3. The zero-order valence-corrected chi connectivity index (χ0v) is 19.6. The largest absolute Gasteiger partial charge is 0.453 e. The third-order valence-electron chi connectivity index (χ3n) is 6.47. The van der Waals surface area contributed by atoms with Crippen LogP contribution in [0.5, 0.6) is 0 Å². The van der Waals surface area contributed by atoms with Crippen molar-refractivity contribution < 1.29 is 32.6 Å². The SMILES string of the molecule is COC(=O)Nc1nc2ccc(C3(O)c4ccccc4C(=O)N3C(C)c3cccc(C(F)(F)F)c3)cc2[nH]1. The molecule has 2 unspecified atom stereocenters. The van der Waals surface area contributed by atoms with Crippen LogP contribution in [0.1, 0.15) is 45.6 Å². The van der Waals surface area contributed by atoms with Gasteiger partial charge in [0.1, 0.15) is 0 Å². The number of aromatic nitrogens is 2. The number of fused-ring (bicyclic) bond motifs is 2. The van der Waals surface area contributed by atoms with E-state index in [2.05, 4.69) is 20.0 Å². The fraction of sp³-hybridized carbons (Fsp3) is 0.192. The highest BCUT2D eigenvalue weighted by molar-refractivity contribution is 6.01. The third-order valence-corrected chi connectivity index (χ3v) is 6.47. The summed E-state index contributed by atoms with van der Waals surface area (Å²) in [6.07, 6.45) is -5.29. The van der Waals surface area contributed by atoms with E-state index in [-0.39, 0.29) is 22.6 Å². The molecule has 3 aromatic carbocycles. The van der Waals surface area contributed by atoms with Gasteiger partial charge in [0.15, 0.2) is 5.72 Å². The number of alkyl halides is 3. The molecule has 190 valence electrons. The number of halogens is 3. The van der Waals surface area contributed by atoms with Crippen LogP contribution in [0.15, 0.2) is 66.7 Å². The van der Waals surface area contributed by atoms with Crippen molar-refractivity contribution in [1.82, 2.24) is 14.9 Å². The molecule has 0 spiro atoms. The molecule has 4 aromatic rings. The fourth-order valence-electron chi connectivity index (χ4n) is 4.69. The van der Waals surface area contributed by atoms with Crippen LogP contribution in [-0.4, -0.2) is 39.1 Å². The van der Waals surface area contributed by atoms with Gasteiger partial charge in [-0.3, -0.25) is 15.0 Å². The van der Waals surface area contributed by atoms with Gasteiger partial charge in [-0.05, 0) is 42.8 Å². The van der Waals surface area contributed by atoms with Crippen LogP contribution in [-0.2, 0) is 16.6 Å². The Bertz CT molecular complexity index is 1530. The number of ether oxygens (including phenoxy) is 1. The van der Waals surface area contributed by atoms with E-state index in [9.17, 15) is 27.9 Å². The molecule has 1 aliphatic rings. The maximum absolute atomic E-state index is 13.6. The van der Waals surface area contributed by atoms with Crippen molar-refractivity contribution in [2.45, 2.75) is 24.9 Å². The number of benzene rings is 3. The van der Waals surface area contributed by atoms with E-state index < -0.39 is 35.5 Å². The van der Waals surface area contributed by atoms with Crippen molar-refractivity contribution in [1.29, 1.82) is 0 Å². The fourth-order valence-corrected chi connectivity index (χ4v) is 4.69. The number of nitrogens with one attached hydrogen (secondary N) is 2. The molecule has 1 aromatic heterocycles. The Morgan fingerprint density at radius 3 is 2.62 bits per heavy atom. The molecule has 2 amide bonds. The number of carbonyl (C=O) groups is 2. The topological polar surface area (TPSA) is 108 Å². The first-order valence-electron chi connectivity index (χ1n) is 11.2. The number of rotatable bonds is 4. The number of aliphatic hydroxyl groups is 1. The Balaban J connectivity index is 1.63. The van der Waals surface area contributed by atoms with Crippen LogP contribution in [0, 0.1) is 0 Å². The van der Waals surface area contributed by atoms with Gasteiger partial charge >= 0.3 is 12.3 Å². The summed E-state index contributed by atoms with van der Waals surface area (Å²) in [5.41, 5.74) is -0.917. The standard InChI is InChI=1S/C26H21F3N4O4/c1-14(15-6-5-7-17(12-15)26(27,28)29)33-22(34)18-8-3-4-9-19(18)25(33,36)16-10-11-20-21(13-16)31-23(30-20)32-24(35)37-2/h3-14,36H,1-2H3,(H2,30,31,32,35). The van der Waals surface area contributed by atoms with E-state index in [4.69, 9.17) is 0 Å². The molecule has 0 radical (unpaired) electrons. The maximum Gasteiger partial charge on any atom is 0.416 e. The lowest BCUT2D eigenvalue weighted by molar-refractivity contribution is -0.137. The van der Waals surface area contributed by atoms with Crippen LogP contribution in [0.2, 0.25) is 0 Å². The summed E-state index contributed by atoms with van der Waals surface area (Å²) < 4.78 is 44.8. The van der Waals surface area contributed by atoms with Gasteiger partial charge in [0, 0.05) is 16.7 Å². The summed E-state index contributed by atoms with van der Waals surface area (Å²) in [6.45, 7) is 1.57. The third kappa shape index (κ3) is 3.97. The minimum Gasteiger partial charge on any atom is -0.453 e. The molecular weight excluding hydrogens is 489 g/mol. The molecule has 0 aliphatic carbocycles. The number of methoxy groups -OCH3 is 1. The minimum absolute atomic E-state index is 0.114. The molecule has 11 heteroatoms. The van der Waals surface area contributed by atoms with E-state index in [0.29, 0.717) is 16.6 Å². The Kier molecular flexibility index (Phi) is 5.67. The molecule has 0 fully saturated rings. The predicted octanol–water partition coefficient (Wildman–Crippen LogP) is 5.17. The number of imidazole rings is 1. The number of anilines is 1. The Labute approximate surface area is 208 Å². The summed E-state index contributed by atoms with van der Waals surface area (Å²) >= 11 is 0. The molecule has 2 atom stereocenters. The highest BCUT2D eigenvalue weighted by Gasteiger charge is 2.52. The molecule has 2 heterocycles. The lowest BCUT2D eigenvalue weighted by Crippen LogP contribution is -2.46. The number of amides is 2. The molecule has 0 bridgehead atoms. The van der Waals surface area contributed by atoms with E-state index >= 15 is 0 Å². The van der Waals surface area contributed by atoms with Gasteiger partial charge in [0.25, 0.3) is 5.91 Å². The second kappa shape index (κ2) is 8.63. The second-order valence-corrected chi connectivity index (χ2v) is 8.63. The average molecular weight is 510 g/mol. The summed E-state index contributed by atoms with van der Waals surface area (Å²) in [5.74, 6) is -0.413. The molecule has 37 heavy (non-hydrogen) atoms. The van der Waals surface area contributed by atoms with Crippen molar-refractivity contribution >= 4 is 29.0 Å². The Morgan fingerprint density at radius 2 is 1.89 bits per heavy atom. The summed E-state index contributed by atoms with van der Waals surface area (Å²) in [4.78, 5) is 33.5. The van der Waals surface area contributed by atoms with E-state index in [0.717, 1.165) is 12.1 Å². The zero-order valence-electron chi connectivity index (χ0n) is 19.6. The van der Waals surface area contributed by atoms with Gasteiger partial charge in [0.2, 0.25) is 5.95 Å². The monoisotopic (exact) mass is 510 g/mol. The first-order chi connectivity index (χ1) is 17.5. The Morgan fingerprint density at radius 1 is 1.14 bits per heavy atom. The molecular formula is C26H21F3N4O4. The van der Waals surface area contributed by atoms with Crippen LogP contribution in [0.3, 0.4) is 0 Å². The van der Waals surface area contributed by atoms with Crippen molar-refractivity contribution in [2.24, 2.45) is 0 Å². The summed E-state index contributed by atoms with van der Waals surface area (Å²) in [5, 5.41) is 14.6. The number of hydrogen-bond acceptors (Lipinski definition) is 5. The van der Waals surface area contributed by atoms with E-state index in [1.54, 1.807) is 49.4 Å². The minimum atomic E-state index is -4.56. The van der Waals surface area contributed by atoms with E-state index in [1.807, 2.05) is 0 Å². The van der Waals surface area contributed by atoms with E-state index in [1.165, 1.54) is 24.1 Å². The quantitative estimate of drug-likeness (QED) is 0.351. The van der Waals surface area contributed by atoms with Crippen LogP contribution < -0.4 is 5.32 Å². The molecule has 5 rings (SSSR count). The maximum atomic E-state index is 13.6. The first-order valence-corrected chi connectivity index (χ1v) is 11.2. The normalized spacial score (nSPS) is 18.1. The van der Waals surface area contributed by atoms with Crippen LogP contribution in [0.25, 0.3) is 11.0 Å². The number of aromatic amines is 1. The van der Waals surface area contributed by atoms with Crippen LogP contribution >= 0.6 is 0 Å². The predicted molar refractivity (Wildman–Crippen MR) is 128 cm³/mol. The average Bonchev–Trinajstić information content (AvgIpc) is 3.38. The highest BCUT2D eigenvalue weighted by Crippen LogP contribution is 2.47. The summed E-state index contributed by atoms with van der Waals surface area (Å²) in [7, 11) is 1.21. The van der Waals surface area contributed by atoms with Crippen molar-refractivity contribution in [2.75, 3.05) is 12.4 Å². The van der Waals surface area contributed by atoms with Crippen LogP contribution in [0.4, 0.5) is 23.9 Å². The van der Waals surface area contributed by atoms with Gasteiger partial charge < -0.3 is 14.8 Å². The molecule has 1 aliphatic heterocycles. The number of carbonyl (C=O) groups excluding carboxylic acids is 2. The molecule has 0 saturated carbocycles. The van der Waals surface area contributed by atoms with Gasteiger partial charge in [0.05, 0.1) is 29.7 Å². The van der Waals surface area contributed by atoms with Crippen molar-refractivity contribution in [3.05, 3.63) is 94.5 Å². The number of nitrogens with zero attached hydrogens (tertiary/aromatic N) is 2. The number of H-pyrrole nitrogens is 1. The highest BCUT2D eigenvalue weighted by atomic mass is 19.4. The molecule has 8 nitrogen and oxygen atoms in total. The second-order valence-electron chi connectivity index (χ2n) is 8.63. The van der Waals surface area contributed by atoms with Gasteiger partial charge in [-0.25, -0.2) is 9.78 Å². The summed E-state index contributed by atoms with van der Waals surface area (Å²) in [6, 6.07) is 15.0. The van der Waals surface area contributed by atoms with Gasteiger partial charge in [-0.2, -0.15) is 13.2 Å². The zero-order chi connectivity index (χ0) is 26.5. The smallest absolute Gasteiger partial charge is 0.416 e.